The predicted molar refractivity (Wildman–Crippen MR) is 231 cm³/mol. The highest BCUT2D eigenvalue weighted by Gasteiger charge is 2.53. The molecule has 1 fully saturated rings. The van der Waals surface area contributed by atoms with Gasteiger partial charge < -0.3 is 4.84 Å². The topological polar surface area (TPSA) is 29.5 Å². The molecule has 3 nitrogen and oxygen atoms in total. The van der Waals surface area contributed by atoms with Crippen molar-refractivity contribution in [2.75, 3.05) is 0 Å². The zero-order valence-electron chi connectivity index (χ0n) is 36.5. The SMILES string of the molecule is C=C(C)C(=O)ON1C(CCCCCCCCCC)(CCCCCCCCCC)CCCC1(CCCCCCCCCC)CCCCCCCCCC. The Morgan fingerprint density at radius 1 is 0.442 bits per heavy atom. The largest absolute Gasteiger partial charge is 0.363 e. The fraction of sp³-hybridized carbons (Fsp3) is 0.939. The highest BCUT2D eigenvalue weighted by molar-refractivity contribution is 5.86. The van der Waals surface area contributed by atoms with Gasteiger partial charge in [-0.3, -0.25) is 0 Å². The number of unbranched alkanes of at least 4 members (excludes halogenated alkanes) is 28. The van der Waals surface area contributed by atoms with Crippen LogP contribution >= 0.6 is 0 Å². The molecular weight excluding hydrogens is 635 g/mol. The summed E-state index contributed by atoms with van der Waals surface area (Å²) in [6.07, 6.45) is 51.5. The minimum Gasteiger partial charge on any atom is -0.363 e. The highest BCUT2D eigenvalue weighted by Crippen LogP contribution is 2.49. The zero-order chi connectivity index (χ0) is 38.0. The van der Waals surface area contributed by atoms with Crippen LogP contribution in [0.2, 0.25) is 0 Å². The van der Waals surface area contributed by atoms with Gasteiger partial charge in [0, 0.05) is 5.57 Å². The van der Waals surface area contributed by atoms with E-state index in [1.807, 2.05) is 6.92 Å². The second-order valence-corrected chi connectivity index (χ2v) is 17.7. The average Bonchev–Trinajstić information content (AvgIpc) is 3.14. The Labute approximate surface area is 328 Å². The van der Waals surface area contributed by atoms with Crippen molar-refractivity contribution in [1.29, 1.82) is 0 Å². The fourth-order valence-corrected chi connectivity index (χ4v) is 9.32. The molecule has 3 heteroatoms. The lowest BCUT2D eigenvalue weighted by molar-refractivity contribution is -0.285. The molecule has 0 aromatic carbocycles. The van der Waals surface area contributed by atoms with E-state index in [-0.39, 0.29) is 17.0 Å². The maximum absolute atomic E-state index is 13.6. The molecule has 0 aromatic rings. The third kappa shape index (κ3) is 22.5. The molecule has 0 bridgehead atoms. The monoisotopic (exact) mass is 730 g/mol. The van der Waals surface area contributed by atoms with Gasteiger partial charge in [0.1, 0.15) is 0 Å². The third-order valence-corrected chi connectivity index (χ3v) is 12.7. The quantitative estimate of drug-likeness (QED) is 0.0468. The number of nitrogens with zero attached hydrogens (tertiary/aromatic N) is 1. The van der Waals surface area contributed by atoms with Gasteiger partial charge >= 0.3 is 5.97 Å². The second kappa shape index (κ2) is 33.5. The van der Waals surface area contributed by atoms with Crippen molar-refractivity contribution >= 4 is 5.97 Å². The summed E-state index contributed by atoms with van der Waals surface area (Å²) in [6.45, 7) is 15.2. The Kier molecular flexibility index (Phi) is 31.7. The number of hydrogen-bond acceptors (Lipinski definition) is 3. The number of piperidine rings is 1. The summed E-state index contributed by atoms with van der Waals surface area (Å²) in [7, 11) is 0. The van der Waals surface area contributed by atoms with Gasteiger partial charge in [-0.25, -0.2) is 4.79 Å². The summed E-state index contributed by atoms with van der Waals surface area (Å²) in [5, 5.41) is 2.46. The molecule has 1 aliphatic rings. The van der Waals surface area contributed by atoms with Crippen molar-refractivity contribution in [1.82, 2.24) is 5.06 Å². The van der Waals surface area contributed by atoms with E-state index >= 15 is 0 Å². The van der Waals surface area contributed by atoms with Crippen LogP contribution in [0.5, 0.6) is 0 Å². The molecule has 0 unspecified atom stereocenters. The molecule has 1 heterocycles. The summed E-state index contributed by atoms with van der Waals surface area (Å²) in [5.41, 5.74) is 0.481. The molecule has 0 N–H and O–H groups in total. The van der Waals surface area contributed by atoms with Gasteiger partial charge in [0.25, 0.3) is 0 Å². The first-order valence-electron chi connectivity index (χ1n) is 24.1. The summed E-state index contributed by atoms with van der Waals surface area (Å²) in [5.74, 6) is -0.186. The van der Waals surface area contributed by atoms with Crippen LogP contribution in [0.4, 0.5) is 0 Å². The van der Waals surface area contributed by atoms with Gasteiger partial charge in [0.05, 0.1) is 11.1 Å². The van der Waals surface area contributed by atoms with E-state index in [1.54, 1.807) is 0 Å². The van der Waals surface area contributed by atoms with Crippen LogP contribution in [0.1, 0.15) is 285 Å². The van der Waals surface area contributed by atoms with Gasteiger partial charge in [-0.1, -0.05) is 240 Å². The Morgan fingerprint density at radius 3 is 0.904 bits per heavy atom. The molecule has 0 radical (unpaired) electrons. The van der Waals surface area contributed by atoms with Crippen LogP contribution in [-0.4, -0.2) is 22.1 Å². The molecule has 1 saturated heterocycles. The molecule has 1 aliphatic heterocycles. The first kappa shape index (κ1) is 49.2. The van der Waals surface area contributed by atoms with E-state index in [1.165, 1.54) is 250 Å². The molecule has 0 aliphatic carbocycles. The smallest absolute Gasteiger partial charge is 0.352 e. The third-order valence-electron chi connectivity index (χ3n) is 12.7. The maximum atomic E-state index is 13.6. The summed E-state index contributed by atoms with van der Waals surface area (Å²) < 4.78 is 0. The summed E-state index contributed by atoms with van der Waals surface area (Å²) in [6, 6.07) is 0. The first-order valence-corrected chi connectivity index (χ1v) is 24.1. The minimum atomic E-state index is -0.186. The van der Waals surface area contributed by atoms with E-state index in [9.17, 15) is 4.79 Å². The molecule has 52 heavy (non-hydrogen) atoms. The zero-order valence-corrected chi connectivity index (χ0v) is 36.5. The number of carbonyl (C=O) groups excluding carboxylic acids is 1. The van der Waals surface area contributed by atoms with Crippen LogP contribution in [0.25, 0.3) is 0 Å². The lowest BCUT2D eigenvalue weighted by Crippen LogP contribution is -2.64. The van der Waals surface area contributed by atoms with Gasteiger partial charge in [-0.2, -0.15) is 0 Å². The number of hydrogen-bond donors (Lipinski definition) is 0. The van der Waals surface area contributed by atoms with Crippen molar-refractivity contribution in [2.24, 2.45) is 0 Å². The number of carbonyl (C=O) groups is 1. The lowest BCUT2D eigenvalue weighted by Gasteiger charge is -2.57. The Morgan fingerprint density at radius 2 is 0.673 bits per heavy atom. The van der Waals surface area contributed by atoms with Crippen molar-refractivity contribution in [3.05, 3.63) is 12.2 Å². The first-order chi connectivity index (χ1) is 25.4. The van der Waals surface area contributed by atoms with Crippen molar-refractivity contribution in [3.8, 4) is 0 Å². The van der Waals surface area contributed by atoms with E-state index in [0.29, 0.717) is 5.57 Å². The summed E-state index contributed by atoms with van der Waals surface area (Å²) >= 11 is 0. The van der Waals surface area contributed by atoms with Crippen LogP contribution in [0.3, 0.4) is 0 Å². The van der Waals surface area contributed by atoms with Crippen molar-refractivity contribution in [3.63, 3.8) is 0 Å². The van der Waals surface area contributed by atoms with Gasteiger partial charge in [-0.15, -0.1) is 5.06 Å². The van der Waals surface area contributed by atoms with Crippen LogP contribution in [-0.2, 0) is 9.63 Å². The normalized spacial score (nSPS) is 15.6. The van der Waals surface area contributed by atoms with E-state index in [0.717, 1.165) is 0 Å². The fourth-order valence-electron chi connectivity index (χ4n) is 9.32. The Bertz CT molecular complexity index is 728. The minimum absolute atomic E-state index is 0.0336. The lowest BCUT2D eigenvalue weighted by atomic mass is 9.69. The summed E-state index contributed by atoms with van der Waals surface area (Å²) in [4.78, 5) is 20.4. The molecule has 0 spiro atoms. The van der Waals surface area contributed by atoms with Gasteiger partial charge in [0.15, 0.2) is 0 Å². The average molecular weight is 730 g/mol. The van der Waals surface area contributed by atoms with Gasteiger partial charge in [0.2, 0.25) is 0 Å². The Hall–Kier alpha value is -0.830. The number of hydroxylamine groups is 2. The standard InChI is InChI=1S/C49H95NO2/c1-7-11-15-19-23-27-31-35-40-48(41-36-32-28-24-20-16-12-8-2)44-39-45-49(50(48)52-47(51)46(5)6,42-37-33-29-25-21-17-13-9-3)43-38-34-30-26-22-18-14-10-4/h5,7-45H2,1-4,6H3. The number of rotatable bonds is 38. The molecule has 0 atom stereocenters. The van der Waals surface area contributed by atoms with Crippen LogP contribution in [0, 0.1) is 0 Å². The van der Waals surface area contributed by atoms with Gasteiger partial charge in [-0.05, 0) is 51.9 Å². The highest BCUT2D eigenvalue weighted by atomic mass is 16.7. The van der Waals surface area contributed by atoms with E-state index in [2.05, 4.69) is 39.3 Å². The van der Waals surface area contributed by atoms with Crippen LogP contribution < -0.4 is 0 Å². The molecular formula is C49H95NO2. The Balaban J connectivity index is 3.23. The second-order valence-electron chi connectivity index (χ2n) is 17.7. The van der Waals surface area contributed by atoms with E-state index in [4.69, 9.17) is 4.84 Å². The molecule has 308 valence electrons. The maximum Gasteiger partial charge on any atom is 0.352 e. The van der Waals surface area contributed by atoms with Crippen LogP contribution in [0.15, 0.2) is 12.2 Å². The predicted octanol–water partition coefficient (Wildman–Crippen LogP) is 17.1. The molecule has 0 aromatic heterocycles. The van der Waals surface area contributed by atoms with E-state index < -0.39 is 0 Å². The molecule has 1 rings (SSSR count). The molecule has 0 amide bonds. The van der Waals surface area contributed by atoms with Crippen molar-refractivity contribution in [2.45, 2.75) is 296 Å². The van der Waals surface area contributed by atoms with Crippen molar-refractivity contribution < 1.29 is 9.63 Å². The molecule has 0 saturated carbocycles.